The van der Waals surface area contributed by atoms with Crippen molar-refractivity contribution in [3.05, 3.63) is 0 Å². The molecule has 0 aromatic carbocycles. The number of hydrogen-bond acceptors (Lipinski definition) is 5. The van der Waals surface area contributed by atoms with E-state index in [2.05, 4.69) is 0 Å². The molecule has 1 saturated heterocycles. The van der Waals surface area contributed by atoms with Crippen molar-refractivity contribution in [2.75, 3.05) is 13.1 Å². The van der Waals surface area contributed by atoms with Crippen LogP contribution in [0.15, 0.2) is 0 Å². The van der Waals surface area contributed by atoms with Crippen LogP contribution in [0, 0.1) is 0 Å². The summed E-state index contributed by atoms with van der Waals surface area (Å²) in [5.74, 6) is 0. The Morgan fingerprint density at radius 1 is 1.27 bits per heavy atom. The molecule has 6 heteroatoms. The van der Waals surface area contributed by atoms with Crippen LogP contribution < -0.4 is 10.9 Å². The summed E-state index contributed by atoms with van der Waals surface area (Å²) in [7, 11) is -2.97. The zero-order chi connectivity index (χ0) is 8.48. The minimum Gasteiger partial charge on any atom is -0.328 e. The average molecular weight is 181 g/mol. The SMILES string of the molecule is NC1CCN(S(N)(O)O)CC1. The molecule has 0 radical (unpaired) electrons. The second-order valence-electron chi connectivity index (χ2n) is 2.83. The molecule has 6 N–H and O–H groups in total. The van der Waals surface area contributed by atoms with Gasteiger partial charge >= 0.3 is 0 Å². The van der Waals surface area contributed by atoms with E-state index >= 15 is 0 Å². The third-order valence-electron chi connectivity index (χ3n) is 1.88. The molecular weight excluding hydrogens is 166 g/mol. The summed E-state index contributed by atoms with van der Waals surface area (Å²) in [6, 6.07) is 0.188. The first-order valence-corrected chi connectivity index (χ1v) is 5.13. The van der Waals surface area contributed by atoms with Gasteiger partial charge in [-0.1, -0.05) is 11.0 Å². The number of nitrogens with zero attached hydrogens (tertiary/aromatic N) is 1. The third kappa shape index (κ3) is 2.58. The van der Waals surface area contributed by atoms with E-state index in [0.717, 1.165) is 12.8 Å². The Morgan fingerprint density at radius 2 is 1.73 bits per heavy atom. The van der Waals surface area contributed by atoms with E-state index in [1.54, 1.807) is 0 Å². The molecule has 1 aliphatic rings. The molecule has 5 nitrogen and oxygen atoms in total. The highest BCUT2D eigenvalue weighted by Crippen LogP contribution is 2.35. The molecule has 1 rings (SSSR count). The van der Waals surface area contributed by atoms with Crippen LogP contribution in [-0.2, 0) is 0 Å². The zero-order valence-electron chi connectivity index (χ0n) is 6.31. The number of rotatable bonds is 1. The van der Waals surface area contributed by atoms with Crippen molar-refractivity contribution in [1.29, 1.82) is 0 Å². The van der Waals surface area contributed by atoms with E-state index in [-0.39, 0.29) is 6.04 Å². The Morgan fingerprint density at radius 3 is 2.09 bits per heavy atom. The smallest absolute Gasteiger partial charge is 0.0206 e. The predicted molar refractivity (Wildman–Crippen MR) is 45.8 cm³/mol. The van der Waals surface area contributed by atoms with Crippen LogP contribution in [0.5, 0.6) is 0 Å². The van der Waals surface area contributed by atoms with E-state index < -0.39 is 11.0 Å². The normalized spacial score (nSPS) is 25.5. The van der Waals surface area contributed by atoms with E-state index in [1.165, 1.54) is 4.31 Å². The number of hydrogen-bond donors (Lipinski definition) is 4. The van der Waals surface area contributed by atoms with Gasteiger partial charge in [0.2, 0.25) is 0 Å². The minimum atomic E-state index is -2.97. The van der Waals surface area contributed by atoms with Gasteiger partial charge < -0.3 is 5.73 Å². The van der Waals surface area contributed by atoms with Gasteiger partial charge in [-0.05, 0) is 12.8 Å². The highest BCUT2D eigenvalue weighted by Gasteiger charge is 2.23. The van der Waals surface area contributed by atoms with Gasteiger partial charge in [-0.15, -0.1) is 0 Å². The lowest BCUT2D eigenvalue weighted by atomic mass is 10.1. The first kappa shape index (κ1) is 9.24. The first-order chi connectivity index (χ1) is 5.00. The second-order valence-corrected chi connectivity index (χ2v) is 4.47. The zero-order valence-corrected chi connectivity index (χ0v) is 7.13. The summed E-state index contributed by atoms with van der Waals surface area (Å²) in [4.78, 5) is 0. The minimum absolute atomic E-state index is 0.188. The summed E-state index contributed by atoms with van der Waals surface area (Å²) in [5.41, 5.74) is 5.62. The molecule has 1 heterocycles. The maximum Gasteiger partial charge on any atom is 0.0206 e. The highest BCUT2D eigenvalue weighted by atomic mass is 32.3. The maximum atomic E-state index is 9.03. The lowest BCUT2D eigenvalue weighted by Crippen LogP contribution is -2.42. The molecule has 0 spiro atoms. The molecule has 1 aliphatic heterocycles. The van der Waals surface area contributed by atoms with E-state index in [1.807, 2.05) is 0 Å². The molecule has 0 saturated carbocycles. The van der Waals surface area contributed by atoms with Gasteiger partial charge in [0.05, 0.1) is 0 Å². The van der Waals surface area contributed by atoms with Crippen LogP contribution in [0.4, 0.5) is 0 Å². The standard InChI is InChI=1S/C5H15N3O2S/c6-5-1-3-8(4-2-5)11(7,9)10/h5,9-10H,1-4,6-7H2. The van der Waals surface area contributed by atoms with Crippen LogP contribution in [0.25, 0.3) is 0 Å². The van der Waals surface area contributed by atoms with Gasteiger partial charge in [-0.2, -0.15) is 4.31 Å². The Hall–Kier alpha value is 0.150. The fraction of sp³-hybridized carbons (Fsp3) is 1.00. The monoisotopic (exact) mass is 181 g/mol. The topological polar surface area (TPSA) is 95.7 Å². The third-order valence-corrected chi connectivity index (χ3v) is 3.00. The molecule has 1 fully saturated rings. The quantitative estimate of drug-likeness (QED) is 0.455. The molecule has 0 unspecified atom stereocenters. The highest BCUT2D eigenvalue weighted by molar-refractivity contribution is 8.20. The number of nitrogens with two attached hydrogens (primary N) is 2. The van der Waals surface area contributed by atoms with Crippen LogP contribution in [0.1, 0.15) is 12.8 Å². The van der Waals surface area contributed by atoms with Crippen molar-refractivity contribution >= 4 is 11.0 Å². The van der Waals surface area contributed by atoms with Crippen LogP contribution in [0.3, 0.4) is 0 Å². The van der Waals surface area contributed by atoms with E-state index in [4.69, 9.17) is 20.0 Å². The lowest BCUT2D eigenvalue weighted by Gasteiger charge is -2.41. The van der Waals surface area contributed by atoms with Crippen molar-refractivity contribution in [3.63, 3.8) is 0 Å². The van der Waals surface area contributed by atoms with Gasteiger partial charge in [-0.3, -0.25) is 9.11 Å². The molecule has 11 heavy (non-hydrogen) atoms. The van der Waals surface area contributed by atoms with Crippen molar-refractivity contribution in [1.82, 2.24) is 4.31 Å². The van der Waals surface area contributed by atoms with Gasteiger partial charge in [0, 0.05) is 19.1 Å². The van der Waals surface area contributed by atoms with Crippen molar-refractivity contribution < 1.29 is 9.11 Å². The predicted octanol–water partition coefficient (Wildman–Crippen LogP) is -0.0512. The largest absolute Gasteiger partial charge is 0.328 e. The molecule has 0 amide bonds. The Kier molecular flexibility index (Phi) is 2.74. The Labute approximate surface area is 68.0 Å². The summed E-state index contributed by atoms with van der Waals surface area (Å²) >= 11 is 0. The van der Waals surface area contributed by atoms with Crippen molar-refractivity contribution in [3.8, 4) is 0 Å². The molecular formula is C5H15N3O2S. The summed E-state index contributed by atoms with van der Waals surface area (Å²) in [5, 5.41) is 5.14. The second kappa shape index (κ2) is 3.26. The lowest BCUT2D eigenvalue weighted by molar-refractivity contribution is 0.287. The van der Waals surface area contributed by atoms with Crippen LogP contribution in [-0.4, -0.2) is 32.5 Å². The summed E-state index contributed by atoms with van der Waals surface area (Å²) in [6.45, 7) is 1.17. The Balaban J connectivity index is 2.39. The Bertz CT molecular complexity index is 130. The fourth-order valence-corrected chi connectivity index (χ4v) is 1.89. The van der Waals surface area contributed by atoms with Crippen LogP contribution in [0.2, 0.25) is 0 Å². The average Bonchev–Trinajstić information content (AvgIpc) is 1.86. The molecule has 0 atom stereocenters. The first-order valence-electron chi connectivity index (χ1n) is 3.57. The van der Waals surface area contributed by atoms with Gasteiger partial charge in [0.25, 0.3) is 0 Å². The van der Waals surface area contributed by atoms with Gasteiger partial charge in [-0.25, -0.2) is 5.14 Å². The molecule has 0 aromatic heterocycles. The molecule has 0 aromatic rings. The van der Waals surface area contributed by atoms with Gasteiger partial charge in [0.1, 0.15) is 0 Å². The molecule has 0 bridgehead atoms. The van der Waals surface area contributed by atoms with Gasteiger partial charge in [0.15, 0.2) is 0 Å². The molecule has 0 aliphatic carbocycles. The van der Waals surface area contributed by atoms with Crippen LogP contribution >= 0.6 is 11.0 Å². The van der Waals surface area contributed by atoms with E-state index in [0.29, 0.717) is 13.1 Å². The van der Waals surface area contributed by atoms with Crippen molar-refractivity contribution in [2.24, 2.45) is 10.9 Å². The maximum absolute atomic E-state index is 9.03. The fourth-order valence-electron chi connectivity index (χ4n) is 1.14. The number of piperidine rings is 1. The van der Waals surface area contributed by atoms with E-state index in [9.17, 15) is 0 Å². The van der Waals surface area contributed by atoms with Crippen molar-refractivity contribution in [2.45, 2.75) is 18.9 Å². The summed E-state index contributed by atoms with van der Waals surface area (Å²) in [6.07, 6.45) is 1.57. The summed E-state index contributed by atoms with van der Waals surface area (Å²) < 4.78 is 19.5. The molecule has 68 valence electrons.